The maximum atomic E-state index is 8.54. The number of hydrogen-bond donors (Lipinski definition) is 2. The molecule has 0 aliphatic heterocycles. The summed E-state index contributed by atoms with van der Waals surface area (Å²) in [7, 11) is 0. The molecular formula is C11H15BrN4O2. The lowest BCUT2D eigenvalue weighted by atomic mass is 10.4. The molecule has 0 unspecified atom stereocenters. The van der Waals surface area contributed by atoms with Crippen LogP contribution in [0.15, 0.2) is 22.8 Å². The molecule has 98 valence electrons. The first-order valence-corrected chi connectivity index (χ1v) is 6.53. The van der Waals surface area contributed by atoms with E-state index in [1.54, 1.807) is 4.52 Å². The Balaban J connectivity index is 1.81. The summed E-state index contributed by atoms with van der Waals surface area (Å²) >= 11 is 3.38. The number of aromatic nitrogens is 3. The molecule has 2 aromatic heterocycles. The van der Waals surface area contributed by atoms with Crippen LogP contribution >= 0.6 is 15.9 Å². The number of rotatable bonds is 7. The van der Waals surface area contributed by atoms with Gasteiger partial charge in [0.15, 0.2) is 5.65 Å². The summed E-state index contributed by atoms with van der Waals surface area (Å²) < 4.78 is 7.83. The van der Waals surface area contributed by atoms with Gasteiger partial charge < -0.3 is 15.2 Å². The number of anilines is 1. The minimum atomic E-state index is 0.0658. The zero-order chi connectivity index (χ0) is 12.8. The van der Waals surface area contributed by atoms with Gasteiger partial charge in [-0.2, -0.15) is 4.98 Å². The third-order valence-electron chi connectivity index (χ3n) is 2.28. The average Bonchev–Trinajstić information content (AvgIpc) is 2.75. The fourth-order valence-corrected chi connectivity index (χ4v) is 1.80. The smallest absolute Gasteiger partial charge is 0.243 e. The molecule has 7 heteroatoms. The third-order valence-corrected chi connectivity index (χ3v) is 2.75. The lowest BCUT2D eigenvalue weighted by molar-refractivity contribution is 0.0921. The number of fused-ring (bicyclic) bond motifs is 1. The Bertz CT molecular complexity index is 503. The van der Waals surface area contributed by atoms with Crippen molar-refractivity contribution in [3.05, 3.63) is 22.8 Å². The Morgan fingerprint density at radius 1 is 1.39 bits per heavy atom. The van der Waals surface area contributed by atoms with Crippen molar-refractivity contribution >= 4 is 27.5 Å². The van der Waals surface area contributed by atoms with E-state index in [0.29, 0.717) is 19.2 Å². The highest BCUT2D eigenvalue weighted by atomic mass is 79.9. The fraction of sp³-hybridized carbons (Fsp3) is 0.455. The van der Waals surface area contributed by atoms with E-state index in [4.69, 9.17) is 9.84 Å². The van der Waals surface area contributed by atoms with Gasteiger partial charge in [-0.05, 0) is 34.5 Å². The number of hydrogen-bond acceptors (Lipinski definition) is 5. The van der Waals surface area contributed by atoms with Crippen molar-refractivity contribution in [1.29, 1.82) is 0 Å². The minimum absolute atomic E-state index is 0.0658. The van der Waals surface area contributed by atoms with E-state index in [2.05, 4.69) is 31.3 Å². The van der Waals surface area contributed by atoms with E-state index < -0.39 is 0 Å². The molecule has 2 N–H and O–H groups in total. The number of aliphatic hydroxyl groups excluding tert-OH is 1. The molecular weight excluding hydrogens is 300 g/mol. The van der Waals surface area contributed by atoms with Crippen molar-refractivity contribution in [3.63, 3.8) is 0 Å². The van der Waals surface area contributed by atoms with Crippen molar-refractivity contribution in [1.82, 2.24) is 14.6 Å². The zero-order valence-electron chi connectivity index (χ0n) is 9.84. The van der Waals surface area contributed by atoms with Gasteiger partial charge in [0.05, 0.1) is 13.2 Å². The van der Waals surface area contributed by atoms with Crippen LogP contribution < -0.4 is 5.32 Å². The number of halogens is 1. The van der Waals surface area contributed by atoms with Crippen LogP contribution in [0.2, 0.25) is 0 Å². The number of aliphatic hydroxyl groups is 1. The lowest BCUT2D eigenvalue weighted by Gasteiger charge is -2.02. The second-order valence-electron chi connectivity index (χ2n) is 3.70. The minimum Gasteiger partial charge on any atom is -0.394 e. The van der Waals surface area contributed by atoms with E-state index in [-0.39, 0.29) is 6.61 Å². The Morgan fingerprint density at radius 2 is 2.28 bits per heavy atom. The summed E-state index contributed by atoms with van der Waals surface area (Å²) in [4.78, 5) is 4.33. The summed E-state index contributed by atoms with van der Waals surface area (Å²) in [5.74, 6) is 0.607. The van der Waals surface area contributed by atoms with Crippen LogP contribution in [0.25, 0.3) is 5.65 Å². The summed E-state index contributed by atoms with van der Waals surface area (Å²) in [5.41, 5.74) is 0.803. The van der Waals surface area contributed by atoms with Crippen LogP contribution in [-0.2, 0) is 4.74 Å². The van der Waals surface area contributed by atoms with Gasteiger partial charge in [-0.25, -0.2) is 4.52 Å². The highest BCUT2D eigenvalue weighted by molar-refractivity contribution is 9.10. The van der Waals surface area contributed by atoms with Crippen LogP contribution in [0.1, 0.15) is 6.42 Å². The topological polar surface area (TPSA) is 71.7 Å². The Hall–Kier alpha value is -1.18. The summed E-state index contributed by atoms with van der Waals surface area (Å²) in [5, 5.41) is 16.0. The lowest BCUT2D eigenvalue weighted by Crippen LogP contribution is -2.08. The maximum Gasteiger partial charge on any atom is 0.243 e. The number of nitrogens with one attached hydrogen (secondary N) is 1. The van der Waals surface area contributed by atoms with Gasteiger partial charge in [0.25, 0.3) is 0 Å². The number of pyridine rings is 1. The largest absolute Gasteiger partial charge is 0.394 e. The molecule has 0 saturated heterocycles. The van der Waals surface area contributed by atoms with Gasteiger partial charge in [-0.15, -0.1) is 5.10 Å². The second-order valence-corrected chi connectivity index (χ2v) is 4.62. The molecule has 0 radical (unpaired) electrons. The normalized spacial score (nSPS) is 11.0. The standard InChI is InChI=1S/C11H15BrN4O2/c12-9-2-3-10-14-11(15-16(10)8-9)13-4-1-6-18-7-5-17/h2-3,8,17H,1,4-7H2,(H,13,15). The van der Waals surface area contributed by atoms with Crippen molar-refractivity contribution in [2.45, 2.75) is 6.42 Å². The molecule has 0 bridgehead atoms. The van der Waals surface area contributed by atoms with Gasteiger partial charge in [0, 0.05) is 23.8 Å². The number of nitrogens with zero attached hydrogens (tertiary/aromatic N) is 3. The van der Waals surface area contributed by atoms with E-state index in [1.165, 1.54) is 0 Å². The van der Waals surface area contributed by atoms with Crippen molar-refractivity contribution in [3.8, 4) is 0 Å². The molecule has 0 spiro atoms. The molecule has 6 nitrogen and oxygen atoms in total. The van der Waals surface area contributed by atoms with Crippen molar-refractivity contribution < 1.29 is 9.84 Å². The maximum absolute atomic E-state index is 8.54. The van der Waals surface area contributed by atoms with Crippen LogP contribution in [0.5, 0.6) is 0 Å². The summed E-state index contributed by atoms with van der Waals surface area (Å²) in [6.07, 6.45) is 2.71. The molecule has 0 amide bonds. The van der Waals surface area contributed by atoms with Crippen molar-refractivity contribution in [2.75, 3.05) is 31.7 Å². The molecule has 18 heavy (non-hydrogen) atoms. The molecule has 2 rings (SSSR count). The fourth-order valence-electron chi connectivity index (χ4n) is 1.47. The number of ether oxygens (including phenoxy) is 1. The third kappa shape index (κ3) is 3.66. The Morgan fingerprint density at radius 3 is 3.11 bits per heavy atom. The predicted octanol–water partition coefficient (Wildman–Crippen LogP) is 1.30. The van der Waals surface area contributed by atoms with Gasteiger partial charge in [-0.3, -0.25) is 0 Å². The predicted molar refractivity (Wildman–Crippen MR) is 71.7 cm³/mol. The first-order chi connectivity index (χ1) is 8.79. The van der Waals surface area contributed by atoms with Crippen LogP contribution in [0, 0.1) is 0 Å². The average molecular weight is 315 g/mol. The Labute approximate surface area is 113 Å². The summed E-state index contributed by atoms with van der Waals surface area (Å²) in [6.45, 7) is 1.81. The van der Waals surface area contributed by atoms with Gasteiger partial charge in [0.1, 0.15) is 0 Å². The van der Waals surface area contributed by atoms with Crippen LogP contribution in [0.4, 0.5) is 5.95 Å². The van der Waals surface area contributed by atoms with E-state index in [9.17, 15) is 0 Å². The molecule has 0 aliphatic rings. The van der Waals surface area contributed by atoms with Gasteiger partial charge in [-0.1, -0.05) is 0 Å². The van der Waals surface area contributed by atoms with E-state index in [1.807, 2.05) is 18.3 Å². The molecule has 2 aromatic rings. The first-order valence-electron chi connectivity index (χ1n) is 5.74. The van der Waals surface area contributed by atoms with Gasteiger partial charge >= 0.3 is 0 Å². The van der Waals surface area contributed by atoms with Crippen LogP contribution in [0.3, 0.4) is 0 Å². The second kappa shape index (κ2) is 6.67. The van der Waals surface area contributed by atoms with Crippen molar-refractivity contribution in [2.24, 2.45) is 0 Å². The molecule has 0 aromatic carbocycles. The highest BCUT2D eigenvalue weighted by Gasteiger charge is 2.02. The highest BCUT2D eigenvalue weighted by Crippen LogP contribution is 2.11. The molecule has 0 atom stereocenters. The molecule has 0 aliphatic carbocycles. The quantitative estimate of drug-likeness (QED) is 0.754. The Kier molecular flexibility index (Phi) is 4.91. The summed E-state index contributed by atoms with van der Waals surface area (Å²) in [6, 6.07) is 3.82. The SMILES string of the molecule is OCCOCCCNc1nc2ccc(Br)cn2n1. The molecule has 2 heterocycles. The molecule has 0 fully saturated rings. The van der Waals surface area contributed by atoms with E-state index in [0.717, 1.165) is 23.1 Å². The zero-order valence-corrected chi connectivity index (χ0v) is 11.4. The van der Waals surface area contributed by atoms with Gasteiger partial charge in [0.2, 0.25) is 5.95 Å². The first kappa shape index (κ1) is 13.3. The monoisotopic (exact) mass is 314 g/mol. The molecule has 0 saturated carbocycles. The van der Waals surface area contributed by atoms with E-state index >= 15 is 0 Å². The van der Waals surface area contributed by atoms with Crippen LogP contribution in [-0.4, -0.2) is 46.1 Å².